The number of benzene rings is 2. The highest BCUT2D eigenvalue weighted by atomic mass is 32.2. The number of pyridine rings is 1. The molecule has 138 valence electrons. The fraction of sp³-hybridized carbons (Fsp3) is 0.190. The van der Waals surface area contributed by atoms with Crippen LogP contribution in [-0.4, -0.2) is 20.5 Å². The number of fused-ring (bicyclic) bond motifs is 1. The van der Waals surface area contributed by atoms with Gasteiger partial charge in [0.25, 0.3) is 0 Å². The minimum atomic E-state index is -3.75. The van der Waals surface area contributed by atoms with E-state index >= 15 is 0 Å². The number of rotatable bonds is 5. The number of hydrogen-bond donors (Lipinski definition) is 1. The highest BCUT2D eigenvalue weighted by Crippen LogP contribution is 2.34. The number of aryl methyl sites for hydroxylation is 1. The highest BCUT2D eigenvalue weighted by Gasteiger charge is 2.29. The molecule has 0 amide bonds. The van der Waals surface area contributed by atoms with Crippen LogP contribution in [0.25, 0.3) is 11.1 Å². The number of methoxy groups -OCH3 is 1. The average Bonchev–Trinajstić information content (AvgIpc) is 3.10. The molecule has 0 saturated heterocycles. The molecular weight excluding hydrogens is 360 g/mol. The molecule has 0 saturated carbocycles. The molecule has 4 rings (SSSR count). The Bertz CT molecular complexity index is 1070. The van der Waals surface area contributed by atoms with Crippen LogP contribution < -0.4 is 9.46 Å². The molecule has 1 unspecified atom stereocenters. The smallest absolute Gasteiger partial charge is 0.244 e. The van der Waals surface area contributed by atoms with Gasteiger partial charge in [-0.15, -0.1) is 0 Å². The molecule has 1 aromatic heterocycles. The molecule has 1 atom stereocenters. The Balaban J connectivity index is 1.71. The van der Waals surface area contributed by atoms with Gasteiger partial charge in [-0.1, -0.05) is 30.3 Å². The predicted molar refractivity (Wildman–Crippen MR) is 104 cm³/mol. The predicted octanol–water partition coefficient (Wildman–Crippen LogP) is 3.72. The second kappa shape index (κ2) is 7.13. The van der Waals surface area contributed by atoms with Gasteiger partial charge in [-0.2, -0.15) is 0 Å². The molecule has 1 aliphatic carbocycles. The van der Waals surface area contributed by atoms with Gasteiger partial charge in [0.15, 0.2) is 0 Å². The van der Waals surface area contributed by atoms with Crippen LogP contribution in [0.15, 0.2) is 71.9 Å². The summed E-state index contributed by atoms with van der Waals surface area (Å²) >= 11 is 0. The molecular formula is C21H20N2O3S. The molecule has 1 N–H and O–H groups in total. The van der Waals surface area contributed by atoms with Crippen molar-refractivity contribution < 1.29 is 13.2 Å². The number of nitrogens with one attached hydrogen (secondary N) is 1. The van der Waals surface area contributed by atoms with Crippen LogP contribution in [0.4, 0.5) is 0 Å². The summed E-state index contributed by atoms with van der Waals surface area (Å²) in [6, 6.07) is 16.6. The molecule has 0 radical (unpaired) electrons. The van der Waals surface area contributed by atoms with Gasteiger partial charge in [0.1, 0.15) is 10.6 Å². The van der Waals surface area contributed by atoms with E-state index in [1.807, 2.05) is 42.5 Å². The van der Waals surface area contributed by atoms with E-state index in [2.05, 4.69) is 9.71 Å². The maximum atomic E-state index is 13.2. The Morgan fingerprint density at radius 1 is 1.04 bits per heavy atom. The average molecular weight is 380 g/mol. The van der Waals surface area contributed by atoms with Gasteiger partial charge >= 0.3 is 0 Å². The first kappa shape index (κ1) is 17.7. The molecule has 1 aliphatic rings. The Morgan fingerprint density at radius 2 is 1.81 bits per heavy atom. The number of ether oxygens (including phenoxy) is 1. The van der Waals surface area contributed by atoms with E-state index < -0.39 is 10.0 Å². The van der Waals surface area contributed by atoms with Crippen molar-refractivity contribution in [2.24, 2.45) is 0 Å². The summed E-state index contributed by atoms with van der Waals surface area (Å²) < 4.78 is 34.5. The zero-order valence-electron chi connectivity index (χ0n) is 14.9. The van der Waals surface area contributed by atoms with E-state index in [0.29, 0.717) is 5.75 Å². The lowest BCUT2D eigenvalue weighted by Crippen LogP contribution is -2.27. The van der Waals surface area contributed by atoms with E-state index in [9.17, 15) is 8.42 Å². The van der Waals surface area contributed by atoms with Crippen LogP contribution >= 0.6 is 0 Å². The zero-order valence-corrected chi connectivity index (χ0v) is 15.7. The van der Waals surface area contributed by atoms with Gasteiger partial charge in [-0.05, 0) is 59.4 Å². The van der Waals surface area contributed by atoms with Crippen LogP contribution in [-0.2, 0) is 16.4 Å². The summed E-state index contributed by atoms with van der Waals surface area (Å²) in [6.45, 7) is 0. The standard InChI is InChI=1S/C21H20N2O3S/c1-26-20-9-7-17(15-10-12-22-13-11-15)14-21(20)27(24,25)23-19-8-6-16-4-2-3-5-18(16)19/h2-5,7,9-14,19,23H,6,8H2,1H3. The van der Waals surface area contributed by atoms with Crippen LogP contribution in [0.1, 0.15) is 23.6 Å². The quantitative estimate of drug-likeness (QED) is 0.732. The molecule has 0 aliphatic heterocycles. The first-order chi connectivity index (χ1) is 13.1. The summed E-state index contributed by atoms with van der Waals surface area (Å²) in [4.78, 5) is 4.15. The Kier molecular flexibility index (Phi) is 4.68. The summed E-state index contributed by atoms with van der Waals surface area (Å²) in [5, 5.41) is 0. The van der Waals surface area contributed by atoms with Gasteiger partial charge in [-0.25, -0.2) is 13.1 Å². The molecule has 1 heterocycles. The Morgan fingerprint density at radius 3 is 2.59 bits per heavy atom. The minimum absolute atomic E-state index is 0.142. The van der Waals surface area contributed by atoms with Crippen LogP contribution in [0.2, 0.25) is 0 Å². The summed E-state index contributed by atoms with van der Waals surface area (Å²) in [6.07, 6.45) is 4.99. The second-order valence-electron chi connectivity index (χ2n) is 6.51. The number of nitrogens with zero attached hydrogens (tertiary/aromatic N) is 1. The fourth-order valence-electron chi connectivity index (χ4n) is 3.54. The maximum absolute atomic E-state index is 13.2. The molecule has 2 aromatic carbocycles. The lowest BCUT2D eigenvalue weighted by Gasteiger charge is -2.17. The topological polar surface area (TPSA) is 68.3 Å². The van der Waals surface area contributed by atoms with Crippen molar-refractivity contribution in [1.29, 1.82) is 0 Å². The number of aromatic nitrogens is 1. The van der Waals surface area contributed by atoms with E-state index in [4.69, 9.17) is 4.74 Å². The molecule has 3 aromatic rings. The van der Waals surface area contributed by atoms with Crippen LogP contribution in [0.3, 0.4) is 0 Å². The lowest BCUT2D eigenvalue weighted by atomic mass is 10.1. The maximum Gasteiger partial charge on any atom is 0.244 e. The van der Waals surface area contributed by atoms with Crippen molar-refractivity contribution in [3.8, 4) is 16.9 Å². The SMILES string of the molecule is COc1ccc(-c2ccncc2)cc1S(=O)(=O)NC1CCc2ccccc21. The van der Waals surface area contributed by atoms with Crippen molar-refractivity contribution >= 4 is 10.0 Å². The fourth-order valence-corrected chi connectivity index (χ4v) is 4.99. The monoisotopic (exact) mass is 380 g/mol. The highest BCUT2D eigenvalue weighted by molar-refractivity contribution is 7.89. The van der Waals surface area contributed by atoms with Gasteiger partial charge in [0, 0.05) is 18.4 Å². The summed E-state index contributed by atoms with van der Waals surface area (Å²) in [7, 11) is -2.27. The molecule has 0 fully saturated rings. The van der Waals surface area contributed by atoms with Crippen molar-refractivity contribution in [3.05, 3.63) is 78.1 Å². The van der Waals surface area contributed by atoms with Crippen molar-refractivity contribution in [2.75, 3.05) is 7.11 Å². The second-order valence-corrected chi connectivity index (χ2v) is 8.20. The van der Waals surface area contributed by atoms with Crippen LogP contribution in [0, 0.1) is 0 Å². The molecule has 5 nitrogen and oxygen atoms in total. The normalized spacial score (nSPS) is 16.1. The van der Waals surface area contributed by atoms with E-state index in [1.165, 1.54) is 12.7 Å². The van der Waals surface area contributed by atoms with Crippen molar-refractivity contribution in [1.82, 2.24) is 9.71 Å². The van der Waals surface area contributed by atoms with Gasteiger partial charge in [0.2, 0.25) is 10.0 Å². The number of sulfonamides is 1. The van der Waals surface area contributed by atoms with Gasteiger partial charge in [-0.3, -0.25) is 4.98 Å². The zero-order chi connectivity index (χ0) is 18.9. The molecule has 6 heteroatoms. The van der Waals surface area contributed by atoms with Crippen molar-refractivity contribution in [3.63, 3.8) is 0 Å². The Labute approximate surface area is 159 Å². The lowest BCUT2D eigenvalue weighted by molar-refractivity contribution is 0.402. The minimum Gasteiger partial charge on any atom is -0.495 e. The van der Waals surface area contributed by atoms with Crippen LogP contribution in [0.5, 0.6) is 5.75 Å². The largest absolute Gasteiger partial charge is 0.495 e. The van der Waals surface area contributed by atoms with Gasteiger partial charge in [0.05, 0.1) is 7.11 Å². The first-order valence-corrected chi connectivity index (χ1v) is 10.3. The molecule has 0 spiro atoms. The third kappa shape index (κ3) is 3.46. The third-order valence-electron chi connectivity index (χ3n) is 4.90. The van der Waals surface area contributed by atoms with E-state index in [1.54, 1.807) is 24.5 Å². The molecule has 0 bridgehead atoms. The molecule has 27 heavy (non-hydrogen) atoms. The number of hydrogen-bond acceptors (Lipinski definition) is 4. The Hall–Kier alpha value is -2.70. The summed E-state index contributed by atoms with van der Waals surface area (Å²) in [5.74, 6) is 0.326. The third-order valence-corrected chi connectivity index (χ3v) is 6.39. The van der Waals surface area contributed by atoms with E-state index in [0.717, 1.165) is 29.5 Å². The summed E-state index contributed by atoms with van der Waals surface area (Å²) in [5.41, 5.74) is 3.94. The first-order valence-electron chi connectivity index (χ1n) is 8.77. The van der Waals surface area contributed by atoms with Crippen molar-refractivity contribution in [2.45, 2.75) is 23.8 Å². The van der Waals surface area contributed by atoms with Gasteiger partial charge < -0.3 is 4.74 Å². The van der Waals surface area contributed by atoms with E-state index in [-0.39, 0.29) is 10.9 Å².